The van der Waals surface area contributed by atoms with Gasteiger partial charge in [-0.25, -0.2) is 9.37 Å². The third-order valence-corrected chi connectivity index (χ3v) is 3.36. The van der Waals surface area contributed by atoms with Crippen LogP contribution in [-0.4, -0.2) is 9.55 Å². The number of aryl methyl sites for hydroxylation is 1. The molecule has 2 aromatic carbocycles. The van der Waals surface area contributed by atoms with Crippen molar-refractivity contribution in [2.24, 2.45) is 0 Å². The van der Waals surface area contributed by atoms with Crippen LogP contribution in [0.3, 0.4) is 0 Å². The molecule has 3 aromatic rings. The number of anilines is 1. The Labute approximate surface area is 123 Å². The lowest BCUT2D eigenvalue weighted by Gasteiger charge is -2.13. The van der Waals surface area contributed by atoms with E-state index in [4.69, 9.17) is 0 Å². The maximum atomic E-state index is 13.8. The van der Waals surface area contributed by atoms with Gasteiger partial charge in [-0.15, -0.1) is 0 Å². The molecule has 0 radical (unpaired) electrons. The molecular formula is C17H16FN3. The van der Waals surface area contributed by atoms with Gasteiger partial charge in [0.15, 0.2) is 0 Å². The highest BCUT2D eigenvalue weighted by molar-refractivity contribution is 5.61. The predicted molar refractivity (Wildman–Crippen MR) is 82.0 cm³/mol. The molecule has 0 aliphatic heterocycles. The van der Waals surface area contributed by atoms with Gasteiger partial charge in [-0.3, -0.25) is 0 Å². The lowest BCUT2D eigenvalue weighted by Crippen LogP contribution is -2.05. The van der Waals surface area contributed by atoms with Crippen molar-refractivity contribution in [1.82, 2.24) is 9.55 Å². The van der Waals surface area contributed by atoms with Crippen molar-refractivity contribution in [3.8, 4) is 5.69 Å². The standard InChI is InChI=1S/C17H16FN3/c1-13-6-7-15(18)14(10-13)11-20-16-4-2-3-5-17(16)21-9-8-19-12-21/h2-10,12,20H,11H2,1H3. The second kappa shape index (κ2) is 5.79. The molecule has 0 amide bonds. The third-order valence-electron chi connectivity index (χ3n) is 3.36. The number of hydrogen-bond acceptors (Lipinski definition) is 2. The molecule has 0 fully saturated rings. The van der Waals surface area contributed by atoms with E-state index in [2.05, 4.69) is 10.3 Å². The first-order chi connectivity index (χ1) is 10.2. The van der Waals surface area contributed by atoms with Crippen LogP contribution in [0.2, 0.25) is 0 Å². The first kappa shape index (κ1) is 13.4. The third kappa shape index (κ3) is 2.94. The number of para-hydroxylation sites is 2. The summed E-state index contributed by atoms with van der Waals surface area (Å²) in [5, 5.41) is 3.30. The van der Waals surface area contributed by atoms with Crippen LogP contribution in [0, 0.1) is 12.7 Å². The predicted octanol–water partition coefficient (Wildman–Crippen LogP) is 3.93. The highest BCUT2D eigenvalue weighted by atomic mass is 19.1. The van der Waals surface area contributed by atoms with Gasteiger partial charge < -0.3 is 9.88 Å². The number of nitrogens with zero attached hydrogens (tertiary/aromatic N) is 2. The fraction of sp³-hybridized carbons (Fsp3) is 0.118. The molecule has 106 valence electrons. The average molecular weight is 281 g/mol. The number of hydrogen-bond donors (Lipinski definition) is 1. The molecule has 0 saturated carbocycles. The lowest BCUT2D eigenvalue weighted by molar-refractivity contribution is 0.612. The van der Waals surface area contributed by atoms with Crippen molar-refractivity contribution in [3.05, 3.63) is 78.1 Å². The lowest BCUT2D eigenvalue weighted by atomic mass is 10.1. The summed E-state index contributed by atoms with van der Waals surface area (Å²) in [4.78, 5) is 4.06. The van der Waals surface area contributed by atoms with E-state index < -0.39 is 0 Å². The van der Waals surface area contributed by atoms with Crippen LogP contribution in [0.5, 0.6) is 0 Å². The minimum absolute atomic E-state index is 0.187. The van der Waals surface area contributed by atoms with E-state index >= 15 is 0 Å². The summed E-state index contributed by atoms with van der Waals surface area (Å²) in [7, 11) is 0. The van der Waals surface area contributed by atoms with E-state index in [9.17, 15) is 4.39 Å². The second-order valence-corrected chi connectivity index (χ2v) is 4.94. The van der Waals surface area contributed by atoms with E-state index in [-0.39, 0.29) is 5.82 Å². The Morgan fingerprint density at radius 3 is 2.86 bits per heavy atom. The van der Waals surface area contributed by atoms with E-state index in [1.165, 1.54) is 6.07 Å². The molecule has 3 rings (SSSR count). The zero-order valence-corrected chi connectivity index (χ0v) is 11.8. The van der Waals surface area contributed by atoms with Crippen LogP contribution in [0.4, 0.5) is 10.1 Å². The molecule has 1 heterocycles. The fourth-order valence-electron chi connectivity index (χ4n) is 2.28. The van der Waals surface area contributed by atoms with Crippen molar-refractivity contribution < 1.29 is 4.39 Å². The number of nitrogens with one attached hydrogen (secondary N) is 1. The fourth-order valence-corrected chi connectivity index (χ4v) is 2.28. The van der Waals surface area contributed by atoms with Crippen molar-refractivity contribution in [3.63, 3.8) is 0 Å². The minimum atomic E-state index is -0.187. The summed E-state index contributed by atoms with van der Waals surface area (Å²) in [6, 6.07) is 13.0. The molecule has 1 aromatic heterocycles. The van der Waals surface area contributed by atoms with Gasteiger partial charge in [0.25, 0.3) is 0 Å². The zero-order chi connectivity index (χ0) is 14.7. The highest BCUT2D eigenvalue weighted by Crippen LogP contribution is 2.21. The van der Waals surface area contributed by atoms with Crippen molar-refractivity contribution in [1.29, 1.82) is 0 Å². The van der Waals surface area contributed by atoms with Crippen molar-refractivity contribution >= 4 is 5.69 Å². The molecule has 4 heteroatoms. The van der Waals surface area contributed by atoms with Gasteiger partial charge in [-0.1, -0.05) is 29.8 Å². The Bertz CT molecular complexity index is 736. The Hall–Kier alpha value is -2.62. The number of rotatable bonds is 4. The molecule has 1 N–H and O–H groups in total. The van der Waals surface area contributed by atoms with Gasteiger partial charge >= 0.3 is 0 Å². The van der Waals surface area contributed by atoms with Gasteiger partial charge in [0, 0.05) is 24.5 Å². The van der Waals surface area contributed by atoms with Crippen molar-refractivity contribution in [2.75, 3.05) is 5.32 Å². The topological polar surface area (TPSA) is 29.9 Å². The molecule has 0 aliphatic rings. The summed E-state index contributed by atoms with van der Waals surface area (Å²) in [6.07, 6.45) is 5.36. The van der Waals surface area contributed by atoms with Crippen molar-refractivity contribution in [2.45, 2.75) is 13.5 Å². The van der Waals surface area contributed by atoms with Gasteiger partial charge in [-0.2, -0.15) is 0 Å². The van der Waals surface area contributed by atoms with E-state index in [1.54, 1.807) is 18.6 Å². The summed E-state index contributed by atoms with van der Waals surface area (Å²) >= 11 is 0. The van der Waals surface area contributed by atoms with E-state index in [0.29, 0.717) is 12.1 Å². The molecule has 0 aliphatic carbocycles. The molecule has 0 unspecified atom stereocenters. The zero-order valence-electron chi connectivity index (χ0n) is 11.8. The maximum absolute atomic E-state index is 13.8. The first-order valence-corrected chi connectivity index (χ1v) is 6.80. The molecule has 3 nitrogen and oxygen atoms in total. The Morgan fingerprint density at radius 1 is 1.19 bits per heavy atom. The van der Waals surface area contributed by atoms with Crippen LogP contribution >= 0.6 is 0 Å². The SMILES string of the molecule is Cc1ccc(F)c(CNc2ccccc2-n2ccnc2)c1. The Morgan fingerprint density at radius 2 is 2.05 bits per heavy atom. The largest absolute Gasteiger partial charge is 0.379 e. The Balaban J connectivity index is 1.84. The number of halogens is 1. The summed E-state index contributed by atoms with van der Waals surface area (Å²) in [5.74, 6) is -0.187. The average Bonchev–Trinajstić information content (AvgIpc) is 3.03. The van der Waals surface area contributed by atoms with E-state index in [0.717, 1.165) is 16.9 Å². The molecule has 0 atom stereocenters. The van der Waals surface area contributed by atoms with Crippen LogP contribution < -0.4 is 5.32 Å². The normalized spacial score (nSPS) is 10.6. The highest BCUT2D eigenvalue weighted by Gasteiger charge is 2.06. The summed E-state index contributed by atoms with van der Waals surface area (Å²) < 4.78 is 15.7. The van der Waals surface area contributed by atoms with Crippen LogP contribution in [0.1, 0.15) is 11.1 Å². The monoisotopic (exact) mass is 281 g/mol. The van der Waals surface area contributed by atoms with Gasteiger partial charge in [0.1, 0.15) is 5.82 Å². The molecule has 0 spiro atoms. The maximum Gasteiger partial charge on any atom is 0.128 e. The molecule has 0 saturated heterocycles. The van der Waals surface area contributed by atoms with Gasteiger partial charge in [-0.05, 0) is 25.1 Å². The second-order valence-electron chi connectivity index (χ2n) is 4.94. The number of aromatic nitrogens is 2. The van der Waals surface area contributed by atoms with Crippen LogP contribution in [-0.2, 0) is 6.54 Å². The first-order valence-electron chi connectivity index (χ1n) is 6.80. The molecule has 21 heavy (non-hydrogen) atoms. The molecular weight excluding hydrogens is 265 g/mol. The van der Waals surface area contributed by atoms with Gasteiger partial charge in [0.05, 0.1) is 17.7 Å². The summed E-state index contributed by atoms with van der Waals surface area (Å²) in [6.45, 7) is 2.40. The van der Waals surface area contributed by atoms with Gasteiger partial charge in [0.2, 0.25) is 0 Å². The quantitative estimate of drug-likeness (QED) is 0.785. The Kier molecular flexibility index (Phi) is 3.69. The van der Waals surface area contributed by atoms with E-state index in [1.807, 2.05) is 48.0 Å². The summed E-state index contributed by atoms with van der Waals surface area (Å²) in [5.41, 5.74) is 3.64. The smallest absolute Gasteiger partial charge is 0.128 e. The van der Waals surface area contributed by atoms with Crippen LogP contribution in [0.25, 0.3) is 5.69 Å². The van der Waals surface area contributed by atoms with Crippen LogP contribution in [0.15, 0.2) is 61.2 Å². The number of benzene rings is 2. The molecule has 0 bridgehead atoms. The minimum Gasteiger partial charge on any atom is -0.379 e. The number of imidazole rings is 1.